The van der Waals surface area contributed by atoms with Crippen molar-refractivity contribution < 1.29 is 18.7 Å². The van der Waals surface area contributed by atoms with E-state index in [-0.39, 0.29) is 17.9 Å². The third-order valence-electron chi connectivity index (χ3n) is 6.95. The molecule has 0 radical (unpaired) electrons. The highest BCUT2D eigenvalue weighted by atomic mass is 19.1. The van der Waals surface area contributed by atoms with Crippen molar-refractivity contribution in [3.8, 4) is 28.8 Å². The first-order valence-electron chi connectivity index (χ1n) is 13.4. The van der Waals surface area contributed by atoms with E-state index < -0.39 is 11.4 Å². The van der Waals surface area contributed by atoms with Crippen molar-refractivity contribution in [3.63, 3.8) is 0 Å². The molecular formula is C32H33FN4O3. The average Bonchev–Trinajstić information content (AvgIpc) is 3.31. The number of anilines is 1. The monoisotopic (exact) mass is 540 g/mol. The maximum absolute atomic E-state index is 14.7. The molecule has 1 fully saturated rings. The molecule has 1 amide bonds. The van der Waals surface area contributed by atoms with Crippen LogP contribution in [-0.4, -0.2) is 47.4 Å². The van der Waals surface area contributed by atoms with E-state index in [1.165, 1.54) is 13.2 Å². The molecule has 4 aromatic rings. The molecule has 1 aliphatic rings. The van der Waals surface area contributed by atoms with Gasteiger partial charge in [0, 0.05) is 41.5 Å². The van der Waals surface area contributed by atoms with E-state index in [2.05, 4.69) is 22.0 Å². The normalized spacial score (nSPS) is 15.5. The largest absolute Gasteiger partial charge is 0.494 e. The molecule has 7 nitrogen and oxygen atoms in total. The Balaban J connectivity index is 1.48. The molecule has 2 heterocycles. The lowest BCUT2D eigenvalue weighted by molar-refractivity contribution is 0.0206. The lowest BCUT2D eigenvalue weighted by Crippen LogP contribution is -2.46. The van der Waals surface area contributed by atoms with Gasteiger partial charge in [-0.15, -0.1) is 0 Å². The number of fused-ring (bicyclic) bond motifs is 1. The number of nitrogens with zero attached hydrogens (tertiary/aromatic N) is 3. The number of piperidine rings is 1. The first kappa shape index (κ1) is 27.1. The molecule has 40 heavy (non-hydrogen) atoms. The van der Waals surface area contributed by atoms with Gasteiger partial charge in [0.15, 0.2) is 11.6 Å². The van der Waals surface area contributed by atoms with Crippen LogP contribution in [0.15, 0.2) is 66.7 Å². The predicted octanol–water partition coefficient (Wildman–Crippen LogP) is 7.13. The van der Waals surface area contributed by atoms with E-state index in [4.69, 9.17) is 9.47 Å². The summed E-state index contributed by atoms with van der Waals surface area (Å²) in [6.07, 6.45) is 1.55. The van der Waals surface area contributed by atoms with Gasteiger partial charge in [0.2, 0.25) is 0 Å². The molecule has 0 bridgehead atoms. The first-order chi connectivity index (χ1) is 19.1. The molecule has 0 aliphatic carbocycles. The molecule has 206 valence electrons. The molecule has 1 aromatic heterocycles. The summed E-state index contributed by atoms with van der Waals surface area (Å²) in [5, 5.41) is 13.8. The molecular weight excluding hydrogens is 507 g/mol. The fourth-order valence-electron chi connectivity index (χ4n) is 5.13. The summed E-state index contributed by atoms with van der Waals surface area (Å²) in [6.45, 7) is 6.87. The quantitative estimate of drug-likeness (QED) is 0.291. The van der Waals surface area contributed by atoms with Gasteiger partial charge in [-0.25, -0.2) is 9.18 Å². The number of amides is 1. The van der Waals surface area contributed by atoms with Gasteiger partial charge >= 0.3 is 6.09 Å². The minimum absolute atomic E-state index is 0.0921. The van der Waals surface area contributed by atoms with Crippen molar-refractivity contribution in [1.29, 1.82) is 5.26 Å². The summed E-state index contributed by atoms with van der Waals surface area (Å²) in [5.74, 6) is -0.255. The number of rotatable bonds is 5. The van der Waals surface area contributed by atoms with Gasteiger partial charge in [-0.1, -0.05) is 0 Å². The van der Waals surface area contributed by atoms with Crippen LogP contribution in [0.2, 0.25) is 0 Å². The van der Waals surface area contributed by atoms with Gasteiger partial charge in [0.25, 0.3) is 0 Å². The van der Waals surface area contributed by atoms with Crippen LogP contribution in [0.25, 0.3) is 27.8 Å². The van der Waals surface area contributed by atoms with Gasteiger partial charge in [-0.05, 0) is 100 Å². The summed E-state index contributed by atoms with van der Waals surface area (Å²) < 4.78 is 27.5. The van der Waals surface area contributed by atoms with Crippen LogP contribution in [0.1, 0.15) is 39.2 Å². The van der Waals surface area contributed by atoms with Crippen LogP contribution in [0.5, 0.6) is 5.75 Å². The van der Waals surface area contributed by atoms with Crippen LogP contribution in [-0.2, 0) is 4.74 Å². The second-order valence-corrected chi connectivity index (χ2v) is 11.1. The van der Waals surface area contributed by atoms with Crippen molar-refractivity contribution in [3.05, 3.63) is 78.1 Å². The Morgan fingerprint density at radius 2 is 1.85 bits per heavy atom. The number of carbonyl (C=O) groups excluding carboxylic acids is 1. The van der Waals surface area contributed by atoms with Crippen molar-refractivity contribution in [1.82, 2.24) is 9.47 Å². The van der Waals surface area contributed by atoms with Crippen LogP contribution in [0.3, 0.4) is 0 Å². The second-order valence-electron chi connectivity index (χ2n) is 11.1. The molecule has 1 saturated heterocycles. The van der Waals surface area contributed by atoms with Gasteiger partial charge in [0.1, 0.15) is 5.60 Å². The number of halogens is 1. The number of nitriles is 1. The number of hydrogen-bond acceptors (Lipinski definition) is 5. The molecule has 1 N–H and O–H groups in total. The van der Waals surface area contributed by atoms with Gasteiger partial charge in [-0.3, -0.25) is 0 Å². The second kappa shape index (κ2) is 10.9. The SMILES string of the molecule is COc1ccc(-c2cc3cc(NC4CCCN(C(=O)OC(C)(C)C)C4)ccc3n2-c2ccc(C#N)cc2)cc1F. The highest BCUT2D eigenvalue weighted by Gasteiger charge is 2.27. The maximum atomic E-state index is 14.7. The topological polar surface area (TPSA) is 79.5 Å². The number of aromatic nitrogens is 1. The molecule has 3 aromatic carbocycles. The average molecular weight is 541 g/mol. The van der Waals surface area contributed by atoms with Gasteiger partial charge in [0.05, 0.1) is 30.0 Å². The number of nitrogens with one attached hydrogen (secondary N) is 1. The third-order valence-corrected chi connectivity index (χ3v) is 6.95. The van der Waals surface area contributed by atoms with E-state index in [0.29, 0.717) is 24.2 Å². The Morgan fingerprint density at radius 1 is 1.07 bits per heavy atom. The molecule has 1 unspecified atom stereocenters. The molecule has 1 atom stereocenters. The molecule has 5 rings (SSSR count). The van der Waals surface area contributed by atoms with Crippen molar-refractivity contribution in [2.24, 2.45) is 0 Å². The van der Waals surface area contributed by atoms with E-state index >= 15 is 0 Å². The van der Waals surface area contributed by atoms with Gasteiger partial charge in [-0.2, -0.15) is 5.26 Å². The predicted molar refractivity (Wildman–Crippen MR) is 154 cm³/mol. The summed E-state index contributed by atoms with van der Waals surface area (Å²) >= 11 is 0. The Hall–Kier alpha value is -4.51. The zero-order chi connectivity index (χ0) is 28.4. The fraction of sp³-hybridized carbons (Fsp3) is 0.312. The van der Waals surface area contributed by atoms with E-state index in [1.54, 1.807) is 23.1 Å². The summed E-state index contributed by atoms with van der Waals surface area (Å²) in [7, 11) is 1.44. The standard InChI is InChI=1S/C32H33FN4O3/c1-32(2,3)40-31(38)36-15-5-6-25(20-36)35-24-10-13-28-23(16-24)18-29(22-9-14-30(39-4)27(33)17-22)37(28)26-11-7-21(19-34)8-12-26/h7-14,16-18,25,35H,5-6,15,20H2,1-4H3. The van der Waals surface area contributed by atoms with E-state index in [9.17, 15) is 14.4 Å². The molecule has 0 spiro atoms. The molecule has 1 aliphatic heterocycles. The van der Waals surface area contributed by atoms with E-state index in [0.717, 1.165) is 40.8 Å². The Kier molecular flexibility index (Phi) is 7.40. The minimum atomic E-state index is -0.533. The number of benzene rings is 3. The van der Waals surface area contributed by atoms with Crippen molar-refractivity contribution >= 4 is 22.7 Å². The first-order valence-corrected chi connectivity index (χ1v) is 13.4. The van der Waals surface area contributed by atoms with Crippen LogP contribution in [0.4, 0.5) is 14.9 Å². The highest BCUT2D eigenvalue weighted by molar-refractivity contribution is 5.91. The van der Waals surface area contributed by atoms with Crippen molar-refractivity contribution in [2.75, 3.05) is 25.5 Å². The third kappa shape index (κ3) is 5.74. The summed E-state index contributed by atoms with van der Waals surface area (Å²) in [4.78, 5) is 14.4. The zero-order valence-electron chi connectivity index (χ0n) is 23.2. The van der Waals surface area contributed by atoms with Crippen LogP contribution < -0.4 is 10.1 Å². The Labute approximate surface area is 233 Å². The van der Waals surface area contributed by atoms with E-state index in [1.807, 2.05) is 57.2 Å². The lowest BCUT2D eigenvalue weighted by atomic mass is 10.1. The number of hydrogen-bond donors (Lipinski definition) is 1. The number of likely N-dealkylation sites (tertiary alicyclic amines) is 1. The smallest absolute Gasteiger partial charge is 0.410 e. The highest BCUT2D eigenvalue weighted by Crippen LogP contribution is 2.35. The number of ether oxygens (including phenoxy) is 2. The minimum Gasteiger partial charge on any atom is -0.494 e. The van der Waals surface area contributed by atoms with Gasteiger partial charge < -0.3 is 24.3 Å². The Bertz CT molecular complexity index is 1580. The molecule has 0 saturated carbocycles. The number of methoxy groups -OCH3 is 1. The fourth-order valence-corrected chi connectivity index (χ4v) is 5.13. The molecule has 8 heteroatoms. The number of carbonyl (C=O) groups is 1. The Morgan fingerprint density at radius 3 is 2.52 bits per heavy atom. The van der Waals surface area contributed by atoms with Crippen LogP contribution >= 0.6 is 0 Å². The summed E-state index contributed by atoms with van der Waals surface area (Å²) in [5.41, 5.74) is 4.29. The summed E-state index contributed by atoms with van der Waals surface area (Å²) in [6, 6.07) is 22.7. The maximum Gasteiger partial charge on any atom is 0.410 e. The lowest BCUT2D eigenvalue weighted by Gasteiger charge is -2.34. The van der Waals surface area contributed by atoms with Crippen LogP contribution in [0, 0.1) is 17.1 Å². The zero-order valence-corrected chi connectivity index (χ0v) is 23.2. The van der Waals surface area contributed by atoms with Crippen molar-refractivity contribution in [2.45, 2.75) is 45.3 Å².